The fraction of sp³-hybridized carbons (Fsp3) is 0.0909. The van der Waals surface area contributed by atoms with Crippen molar-refractivity contribution in [3.05, 3.63) is 36.5 Å². The van der Waals surface area contributed by atoms with Crippen LogP contribution in [0.15, 0.2) is 41.5 Å². The molecule has 0 aliphatic heterocycles. The minimum Gasteiger partial charge on any atom is -0.370 e. The van der Waals surface area contributed by atoms with Crippen LogP contribution in [-0.2, 0) is 0 Å². The van der Waals surface area contributed by atoms with Gasteiger partial charge in [-0.3, -0.25) is 9.98 Å². The Hall–Kier alpha value is -2.10. The summed E-state index contributed by atoms with van der Waals surface area (Å²) in [5.74, 6) is 0.382. The number of nitrogens with one attached hydrogen (secondary N) is 1. The van der Waals surface area contributed by atoms with Gasteiger partial charge in [0.25, 0.3) is 0 Å². The smallest absolute Gasteiger partial charge is 0.192 e. The molecule has 15 heavy (non-hydrogen) atoms. The number of pyridine rings is 1. The first-order valence-electron chi connectivity index (χ1n) is 4.63. The van der Waals surface area contributed by atoms with Gasteiger partial charge in [0.15, 0.2) is 5.96 Å². The lowest BCUT2D eigenvalue weighted by molar-refractivity contribution is 1.36. The van der Waals surface area contributed by atoms with Crippen molar-refractivity contribution < 1.29 is 0 Å². The Morgan fingerprint density at radius 1 is 1.40 bits per heavy atom. The maximum Gasteiger partial charge on any atom is 0.192 e. The van der Waals surface area contributed by atoms with Crippen molar-refractivity contribution in [2.45, 2.75) is 0 Å². The molecule has 0 radical (unpaired) electrons. The molecule has 0 aliphatic rings. The fourth-order valence-corrected chi connectivity index (χ4v) is 1.34. The van der Waals surface area contributed by atoms with Crippen LogP contribution in [0.25, 0.3) is 10.9 Å². The number of guanidine groups is 1. The molecule has 0 aliphatic carbocycles. The maximum absolute atomic E-state index is 5.56. The summed E-state index contributed by atoms with van der Waals surface area (Å²) in [5.41, 5.74) is 7.37. The minimum atomic E-state index is 0.382. The number of rotatable bonds is 1. The van der Waals surface area contributed by atoms with Crippen LogP contribution in [0, 0.1) is 0 Å². The number of nitrogens with zero attached hydrogens (tertiary/aromatic N) is 2. The number of para-hydroxylation sites is 1. The second kappa shape index (κ2) is 3.96. The lowest BCUT2D eigenvalue weighted by Gasteiger charge is -2.05. The van der Waals surface area contributed by atoms with Gasteiger partial charge in [-0.25, -0.2) is 0 Å². The van der Waals surface area contributed by atoms with Gasteiger partial charge < -0.3 is 11.1 Å². The molecule has 1 aromatic heterocycles. The van der Waals surface area contributed by atoms with Crippen LogP contribution in [0.5, 0.6) is 0 Å². The van der Waals surface area contributed by atoms with Crippen molar-refractivity contribution in [3.8, 4) is 0 Å². The summed E-state index contributed by atoms with van der Waals surface area (Å²) in [6, 6.07) is 9.90. The van der Waals surface area contributed by atoms with Crippen molar-refractivity contribution in [1.82, 2.24) is 4.98 Å². The Bertz CT molecular complexity index is 505. The molecule has 1 heterocycles. The van der Waals surface area contributed by atoms with E-state index in [4.69, 9.17) is 5.73 Å². The van der Waals surface area contributed by atoms with Crippen LogP contribution in [0.3, 0.4) is 0 Å². The summed E-state index contributed by atoms with van der Waals surface area (Å²) in [7, 11) is 1.64. The van der Waals surface area contributed by atoms with Crippen LogP contribution in [-0.4, -0.2) is 18.0 Å². The summed E-state index contributed by atoms with van der Waals surface area (Å²) in [6.45, 7) is 0. The number of hydrogen-bond acceptors (Lipinski definition) is 2. The molecule has 4 heteroatoms. The summed E-state index contributed by atoms with van der Waals surface area (Å²) in [4.78, 5) is 8.11. The van der Waals surface area contributed by atoms with E-state index in [-0.39, 0.29) is 0 Å². The highest BCUT2D eigenvalue weighted by Crippen LogP contribution is 2.15. The van der Waals surface area contributed by atoms with E-state index in [1.807, 2.05) is 30.3 Å². The molecule has 2 aromatic rings. The van der Waals surface area contributed by atoms with E-state index < -0.39 is 0 Å². The second-order valence-electron chi connectivity index (χ2n) is 3.15. The molecule has 4 nitrogen and oxygen atoms in total. The van der Waals surface area contributed by atoms with Gasteiger partial charge in [0.05, 0.1) is 17.4 Å². The number of nitrogens with two attached hydrogens (primary N) is 1. The Morgan fingerprint density at radius 3 is 3.00 bits per heavy atom. The van der Waals surface area contributed by atoms with Crippen LogP contribution >= 0.6 is 0 Å². The molecular formula is C11H12N4. The Balaban J connectivity index is 2.39. The minimum absolute atomic E-state index is 0.382. The van der Waals surface area contributed by atoms with E-state index in [1.54, 1.807) is 13.2 Å². The molecule has 0 bridgehead atoms. The van der Waals surface area contributed by atoms with E-state index in [0.29, 0.717) is 5.96 Å². The van der Waals surface area contributed by atoms with Gasteiger partial charge in [0.1, 0.15) is 0 Å². The first-order chi connectivity index (χ1) is 7.29. The first kappa shape index (κ1) is 9.45. The third-order valence-corrected chi connectivity index (χ3v) is 2.10. The van der Waals surface area contributed by atoms with Gasteiger partial charge in [0, 0.05) is 12.4 Å². The third kappa shape index (κ3) is 2.04. The summed E-state index contributed by atoms with van der Waals surface area (Å²) in [5, 5.41) is 4.02. The molecule has 1 aromatic carbocycles. The van der Waals surface area contributed by atoms with Crippen LogP contribution in [0.4, 0.5) is 5.69 Å². The molecule has 3 N–H and O–H groups in total. The number of hydrogen-bond donors (Lipinski definition) is 2. The van der Waals surface area contributed by atoms with Crippen LogP contribution in [0.2, 0.25) is 0 Å². The number of fused-ring (bicyclic) bond motifs is 1. The van der Waals surface area contributed by atoms with E-state index in [0.717, 1.165) is 16.6 Å². The first-order valence-corrected chi connectivity index (χ1v) is 4.63. The molecule has 0 amide bonds. The summed E-state index contributed by atoms with van der Waals surface area (Å²) >= 11 is 0. The van der Waals surface area contributed by atoms with E-state index in [9.17, 15) is 0 Å². The number of benzene rings is 1. The zero-order chi connectivity index (χ0) is 10.7. The maximum atomic E-state index is 5.56. The highest BCUT2D eigenvalue weighted by molar-refractivity contribution is 5.94. The quantitative estimate of drug-likeness (QED) is 0.542. The van der Waals surface area contributed by atoms with Gasteiger partial charge in [-0.2, -0.15) is 0 Å². The Morgan fingerprint density at radius 2 is 2.20 bits per heavy atom. The topological polar surface area (TPSA) is 63.3 Å². The van der Waals surface area contributed by atoms with E-state index in [2.05, 4.69) is 15.3 Å². The van der Waals surface area contributed by atoms with Gasteiger partial charge in [-0.15, -0.1) is 0 Å². The predicted octanol–water partition coefficient (Wildman–Crippen LogP) is 1.59. The lowest BCUT2D eigenvalue weighted by Crippen LogP contribution is -2.21. The Kier molecular flexibility index (Phi) is 2.49. The number of aromatic nitrogens is 1. The normalized spacial score (nSPS) is 11.7. The van der Waals surface area contributed by atoms with Crippen LogP contribution < -0.4 is 11.1 Å². The van der Waals surface area contributed by atoms with Crippen molar-refractivity contribution in [2.24, 2.45) is 10.7 Å². The largest absolute Gasteiger partial charge is 0.370 e. The summed E-state index contributed by atoms with van der Waals surface area (Å²) < 4.78 is 0. The molecular weight excluding hydrogens is 188 g/mol. The highest BCUT2D eigenvalue weighted by Gasteiger charge is 1.97. The van der Waals surface area contributed by atoms with Crippen molar-refractivity contribution in [1.29, 1.82) is 0 Å². The molecule has 76 valence electrons. The number of anilines is 1. The molecule has 0 saturated heterocycles. The monoisotopic (exact) mass is 200 g/mol. The van der Waals surface area contributed by atoms with Crippen LogP contribution in [0.1, 0.15) is 0 Å². The molecule has 2 rings (SSSR count). The van der Waals surface area contributed by atoms with Crippen molar-refractivity contribution >= 4 is 22.5 Å². The SMILES string of the molecule is CN=C(N)Nc1cnc2ccccc2c1. The number of aliphatic imine (C=N–C) groups is 1. The molecule has 0 saturated carbocycles. The third-order valence-electron chi connectivity index (χ3n) is 2.10. The molecule has 0 fully saturated rings. The zero-order valence-corrected chi connectivity index (χ0v) is 8.44. The second-order valence-corrected chi connectivity index (χ2v) is 3.15. The average molecular weight is 200 g/mol. The van der Waals surface area contributed by atoms with Gasteiger partial charge in [-0.05, 0) is 12.1 Å². The molecule has 0 spiro atoms. The van der Waals surface area contributed by atoms with E-state index in [1.165, 1.54) is 0 Å². The average Bonchev–Trinajstić information content (AvgIpc) is 2.29. The fourth-order valence-electron chi connectivity index (χ4n) is 1.34. The van der Waals surface area contributed by atoms with Gasteiger partial charge in [-0.1, -0.05) is 18.2 Å². The molecule has 0 unspecified atom stereocenters. The van der Waals surface area contributed by atoms with Crippen molar-refractivity contribution in [3.63, 3.8) is 0 Å². The standard InChI is InChI=1S/C11H12N4/c1-13-11(12)15-9-6-8-4-2-3-5-10(8)14-7-9/h2-7H,1H3,(H3,12,13,15). The predicted molar refractivity (Wildman–Crippen MR) is 62.9 cm³/mol. The summed E-state index contributed by atoms with van der Waals surface area (Å²) in [6.07, 6.45) is 1.74. The lowest BCUT2D eigenvalue weighted by atomic mass is 10.2. The molecule has 0 atom stereocenters. The van der Waals surface area contributed by atoms with Crippen molar-refractivity contribution in [2.75, 3.05) is 12.4 Å². The van der Waals surface area contributed by atoms with Gasteiger partial charge in [0.2, 0.25) is 0 Å². The van der Waals surface area contributed by atoms with Gasteiger partial charge >= 0.3 is 0 Å². The van der Waals surface area contributed by atoms with E-state index >= 15 is 0 Å². The zero-order valence-electron chi connectivity index (χ0n) is 8.44. The highest BCUT2D eigenvalue weighted by atomic mass is 15.1. The Labute approximate surface area is 87.8 Å².